The molecule has 1 heterocycles. The molecule has 7 heteroatoms. The van der Waals surface area contributed by atoms with Crippen LogP contribution in [0.5, 0.6) is 0 Å². The smallest absolute Gasteiger partial charge is 0.343 e. The summed E-state index contributed by atoms with van der Waals surface area (Å²) in [5.74, 6) is -3.58. The number of imidazole rings is 1. The van der Waals surface area contributed by atoms with E-state index in [4.69, 9.17) is 4.74 Å². The Labute approximate surface area is 169 Å². The second-order valence-corrected chi connectivity index (χ2v) is 7.80. The molecule has 29 heavy (non-hydrogen) atoms. The molecule has 2 aromatic rings. The molecule has 0 unspecified atom stereocenters. The van der Waals surface area contributed by atoms with E-state index in [0.29, 0.717) is 12.1 Å². The highest BCUT2D eigenvalue weighted by atomic mass is 19.3. The molecule has 0 aliphatic heterocycles. The van der Waals surface area contributed by atoms with E-state index in [-0.39, 0.29) is 19.4 Å². The summed E-state index contributed by atoms with van der Waals surface area (Å²) in [6, 6.07) is 8.27. The molecular weight excluding hydrogens is 378 g/mol. The van der Waals surface area contributed by atoms with E-state index in [0.717, 1.165) is 18.8 Å². The van der Waals surface area contributed by atoms with E-state index in [9.17, 15) is 18.7 Å². The lowest BCUT2D eigenvalue weighted by Crippen LogP contribution is -2.44. The van der Waals surface area contributed by atoms with Crippen LogP contribution in [0.15, 0.2) is 42.7 Å². The van der Waals surface area contributed by atoms with Crippen LogP contribution >= 0.6 is 0 Å². The zero-order valence-corrected chi connectivity index (χ0v) is 17.0. The standard InChI is InChI=1S/C22H29F2N2O3/c1-3-11-25-12-13-26(17(25)2)14-15-29-20(27)22(28,18-7-5-4-6-8-18)19-9-10-21(23,24)16-19/h4-8,12-13,19,28H,3,9-11,14-16H2,1-2H3/q+1/t19-,22+/m1/s1. The molecule has 0 radical (unpaired) electrons. The van der Waals surface area contributed by atoms with Crippen LogP contribution in [0.2, 0.25) is 0 Å². The van der Waals surface area contributed by atoms with Gasteiger partial charge < -0.3 is 9.84 Å². The largest absolute Gasteiger partial charge is 0.459 e. The second-order valence-electron chi connectivity index (χ2n) is 7.80. The van der Waals surface area contributed by atoms with Crippen molar-refractivity contribution in [3.8, 4) is 0 Å². The van der Waals surface area contributed by atoms with Gasteiger partial charge in [-0.3, -0.25) is 0 Å². The molecule has 1 aromatic heterocycles. The van der Waals surface area contributed by atoms with E-state index < -0.39 is 29.8 Å². The molecular formula is C22H29F2N2O3+. The van der Waals surface area contributed by atoms with Gasteiger partial charge >= 0.3 is 5.97 Å². The van der Waals surface area contributed by atoms with Crippen LogP contribution < -0.4 is 4.57 Å². The number of hydrogen-bond acceptors (Lipinski definition) is 3. The first-order valence-corrected chi connectivity index (χ1v) is 10.2. The molecule has 1 saturated carbocycles. The van der Waals surface area contributed by atoms with Gasteiger partial charge in [0.15, 0.2) is 5.60 Å². The molecule has 1 fully saturated rings. The predicted molar refractivity (Wildman–Crippen MR) is 103 cm³/mol. The molecule has 0 spiro atoms. The molecule has 1 N–H and O–H groups in total. The van der Waals surface area contributed by atoms with Crippen molar-refractivity contribution in [1.82, 2.24) is 4.57 Å². The van der Waals surface area contributed by atoms with Gasteiger partial charge in [-0.15, -0.1) is 0 Å². The Bertz CT molecular complexity index is 838. The number of aromatic nitrogens is 2. The van der Waals surface area contributed by atoms with Gasteiger partial charge in [0.1, 0.15) is 25.5 Å². The SMILES string of the molecule is CCC[n+]1ccn(CCOC(=O)[C@](O)(c2ccccc2)[C@@H]2CCC(F)(F)C2)c1C. The molecule has 3 rings (SSSR count). The highest BCUT2D eigenvalue weighted by molar-refractivity contribution is 5.81. The van der Waals surface area contributed by atoms with Gasteiger partial charge in [-0.25, -0.2) is 22.7 Å². The Kier molecular flexibility index (Phi) is 6.36. The molecule has 5 nitrogen and oxygen atoms in total. The van der Waals surface area contributed by atoms with Crippen LogP contribution in [-0.4, -0.2) is 28.2 Å². The summed E-state index contributed by atoms with van der Waals surface area (Å²) in [7, 11) is 0. The van der Waals surface area contributed by atoms with Crippen LogP contribution in [0.25, 0.3) is 0 Å². The van der Waals surface area contributed by atoms with Crippen molar-refractivity contribution >= 4 is 5.97 Å². The highest BCUT2D eigenvalue weighted by Crippen LogP contribution is 2.47. The lowest BCUT2D eigenvalue weighted by atomic mass is 9.80. The van der Waals surface area contributed by atoms with Crippen LogP contribution in [0.1, 0.15) is 44.0 Å². The van der Waals surface area contributed by atoms with Gasteiger partial charge in [0.05, 0.1) is 6.54 Å². The number of carbonyl (C=O) groups is 1. The first-order valence-electron chi connectivity index (χ1n) is 10.2. The van der Waals surface area contributed by atoms with E-state index in [1.54, 1.807) is 30.3 Å². The number of hydrogen-bond donors (Lipinski definition) is 1. The zero-order valence-electron chi connectivity index (χ0n) is 17.0. The van der Waals surface area contributed by atoms with Gasteiger partial charge in [-0.1, -0.05) is 37.3 Å². The third-order valence-electron chi connectivity index (χ3n) is 5.81. The van der Waals surface area contributed by atoms with Crippen molar-refractivity contribution in [1.29, 1.82) is 0 Å². The van der Waals surface area contributed by atoms with Crippen LogP contribution in [0, 0.1) is 12.8 Å². The Hall–Kier alpha value is -2.28. The van der Waals surface area contributed by atoms with Crippen molar-refractivity contribution in [2.24, 2.45) is 5.92 Å². The third-order valence-corrected chi connectivity index (χ3v) is 5.81. The van der Waals surface area contributed by atoms with Gasteiger partial charge in [-0.2, -0.15) is 0 Å². The number of rotatable bonds is 8. The van der Waals surface area contributed by atoms with Crippen LogP contribution in [0.3, 0.4) is 0 Å². The minimum Gasteiger partial charge on any atom is -0.459 e. The molecule has 1 aliphatic carbocycles. The van der Waals surface area contributed by atoms with Crippen LogP contribution in [-0.2, 0) is 28.2 Å². The molecule has 1 aromatic carbocycles. The van der Waals surface area contributed by atoms with Crippen molar-refractivity contribution in [2.45, 2.75) is 64.1 Å². The van der Waals surface area contributed by atoms with Gasteiger partial charge in [-0.05, 0) is 18.4 Å². The fourth-order valence-electron chi connectivity index (χ4n) is 4.12. The summed E-state index contributed by atoms with van der Waals surface area (Å²) < 4.78 is 37.1. The molecule has 158 valence electrons. The third kappa shape index (κ3) is 4.50. The summed E-state index contributed by atoms with van der Waals surface area (Å²) in [4.78, 5) is 12.9. The topological polar surface area (TPSA) is 55.3 Å². The summed E-state index contributed by atoms with van der Waals surface area (Å²) in [6.45, 7) is 5.47. The Morgan fingerprint density at radius 1 is 1.38 bits per heavy atom. The van der Waals surface area contributed by atoms with E-state index in [1.165, 1.54) is 0 Å². The first-order chi connectivity index (χ1) is 13.8. The Morgan fingerprint density at radius 2 is 2.10 bits per heavy atom. The fraction of sp³-hybridized carbons (Fsp3) is 0.545. The van der Waals surface area contributed by atoms with E-state index in [2.05, 4.69) is 11.5 Å². The number of nitrogens with zero attached hydrogens (tertiary/aromatic N) is 2. The van der Waals surface area contributed by atoms with Crippen molar-refractivity contribution in [3.63, 3.8) is 0 Å². The first kappa shape index (κ1) is 21.4. The zero-order chi connectivity index (χ0) is 21.1. The Morgan fingerprint density at radius 3 is 2.72 bits per heavy atom. The number of aryl methyl sites for hydroxylation is 1. The summed E-state index contributed by atoms with van der Waals surface area (Å²) in [5.41, 5.74) is -1.78. The number of benzene rings is 1. The number of alkyl halides is 2. The maximum atomic E-state index is 13.8. The minimum absolute atomic E-state index is 0.0543. The van der Waals surface area contributed by atoms with E-state index >= 15 is 0 Å². The Balaban J connectivity index is 1.72. The number of aliphatic hydroxyl groups is 1. The molecule has 0 amide bonds. The second kappa shape index (κ2) is 8.61. The molecule has 1 aliphatic rings. The van der Waals surface area contributed by atoms with Gasteiger partial charge in [0.2, 0.25) is 5.92 Å². The lowest BCUT2D eigenvalue weighted by Gasteiger charge is -2.32. The van der Waals surface area contributed by atoms with Crippen LogP contribution in [0.4, 0.5) is 8.78 Å². The molecule has 2 atom stereocenters. The summed E-state index contributed by atoms with van der Waals surface area (Å²) >= 11 is 0. The average Bonchev–Trinajstić information content (AvgIpc) is 3.25. The highest BCUT2D eigenvalue weighted by Gasteiger charge is 2.54. The monoisotopic (exact) mass is 407 g/mol. The van der Waals surface area contributed by atoms with Crippen molar-refractivity contribution in [2.75, 3.05) is 6.61 Å². The normalized spacial score (nSPS) is 20.4. The number of halogens is 2. The lowest BCUT2D eigenvalue weighted by molar-refractivity contribution is -0.702. The quantitative estimate of drug-likeness (QED) is 0.539. The van der Waals surface area contributed by atoms with Crippen molar-refractivity contribution in [3.05, 3.63) is 54.1 Å². The average molecular weight is 407 g/mol. The summed E-state index contributed by atoms with van der Waals surface area (Å²) in [6.07, 6.45) is 4.12. The molecule has 0 bridgehead atoms. The fourth-order valence-corrected chi connectivity index (χ4v) is 4.12. The minimum atomic E-state index is -2.87. The maximum absolute atomic E-state index is 13.8. The number of esters is 1. The summed E-state index contributed by atoms with van der Waals surface area (Å²) in [5, 5.41) is 11.3. The predicted octanol–water partition coefficient (Wildman–Crippen LogP) is 3.36. The van der Waals surface area contributed by atoms with E-state index in [1.807, 2.05) is 23.9 Å². The maximum Gasteiger partial charge on any atom is 0.343 e. The van der Waals surface area contributed by atoms with Gasteiger partial charge in [0.25, 0.3) is 5.82 Å². The molecule has 0 saturated heterocycles. The van der Waals surface area contributed by atoms with Gasteiger partial charge in [0, 0.05) is 25.7 Å². The number of ether oxygens (including phenoxy) is 1. The number of carbonyl (C=O) groups excluding carboxylic acids is 1. The van der Waals surface area contributed by atoms with Crippen molar-refractivity contribution < 1.29 is 28.0 Å².